The van der Waals surface area contributed by atoms with E-state index in [1.165, 1.54) is 16.9 Å². The number of benzene rings is 2. The van der Waals surface area contributed by atoms with Gasteiger partial charge in [-0.2, -0.15) is 0 Å². The lowest BCUT2D eigenvalue weighted by Crippen LogP contribution is -2.11. The molecule has 27 heavy (non-hydrogen) atoms. The number of nitrogens with one attached hydrogen (secondary N) is 1. The summed E-state index contributed by atoms with van der Waals surface area (Å²) in [6.45, 7) is 0. The molecule has 0 aliphatic carbocycles. The maximum absolute atomic E-state index is 12.3. The summed E-state index contributed by atoms with van der Waals surface area (Å²) in [6, 6.07) is 19.9. The van der Waals surface area contributed by atoms with E-state index in [-0.39, 0.29) is 5.91 Å². The van der Waals surface area contributed by atoms with E-state index < -0.39 is 0 Å². The Morgan fingerprint density at radius 2 is 1.59 bits per heavy atom. The molecule has 0 saturated carbocycles. The van der Waals surface area contributed by atoms with Crippen LogP contribution in [0.1, 0.15) is 10.4 Å². The third-order valence-corrected chi connectivity index (χ3v) is 6.16. The average Bonchev–Trinajstić information content (AvgIpc) is 3.28. The van der Waals surface area contributed by atoms with Crippen LogP contribution in [-0.4, -0.2) is 10.9 Å². The number of nitrogens with zero attached hydrogens (tertiary/aromatic N) is 1. The topological polar surface area (TPSA) is 42.0 Å². The molecule has 4 aromatic rings. The first-order chi connectivity index (χ1) is 13.1. The molecule has 0 fully saturated rings. The largest absolute Gasteiger partial charge is 0.298 e. The highest BCUT2D eigenvalue weighted by Crippen LogP contribution is 2.32. The summed E-state index contributed by atoms with van der Waals surface area (Å²) in [5.74, 6) is -0.316. The van der Waals surface area contributed by atoms with Gasteiger partial charge >= 0.3 is 0 Å². The molecule has 2 heterocycles. The van der Waals surface area contributed by atoms with E-state index in [1.807, 2.05) is 35.7 Å². The van der Waals surface area contributed by atoms with Gasteiger partial charge in [-0.25, -0.2) is 4.98 Å². The first-order valence-corrected chi connectivity index (χ1v) is 10.4. The second kappa shape index (κ2) is 7.82. The van der Waals surface area contributed by atoms with Crippen LogP contribution in [-0.2, 0) is 0 Å². The van der Waals surface area contributed by atoms with Gasteiger partial charge in [0, 0.05) is 10.9 Å². The van der Waals surface area contributed by atoms with Gasteiger partial charge in [0.1, 0.15) is 4.34 Å². The molecule has 0 atom stereocenters. The molecule has 0 spiro atoms. The zero-order chi connectivity index (χ0) is 18.8. The summed E-state index contributed by atoms with van der Waals surface area (Å²) in [5, 5.41) is 5.20. The zero-order valence-electron chi connectivity index (χ0n) is 13.8. The van der Waals surface area contributed by atoms with Crippen LogP contribution in [0.25, 0.3) is 22.4 Å². The molecule has 1 N–H and O–H groups in total. The number of carbonyl (C=O) groups is 1. The minimum absolute atomic E-state index is 0.316. The molecule has 0 aliphatic rings. The third kappa shape index (κ3) is 4.06. The molecule has 0 unspecified atom stereocenters. The van der Waals surface area contributed by atoms with Gasteiger partial charge in [-0.3, -0.25) is 10.1 Å². The van der Waals surface area contributed by atoms with Gasteiger partial charge in [0.15, 0.2) is 5.13 Å². The summed E-state index contributed by atoms with van der Waals surface area (Å²) in [7, 11) is 0. The van der Waals surface area contributed by atoms with E-state index in [0.717, 1.165) is 28.2 Å². The molecule has 0 bridgehead atoms. The van der Waals surface area contributed by atoms with Crippen molar-refractivity contribution in [3.63, 3.8) is 0 Å². The Morgan fingerprint density at radius 1 is 0.926 bits per heavy atom. The number of carbonyl (C=O) groups excluding carboxylic acids is 1. The van der Waals surface area contributed by atoms with E-state index >= 15 is 0 Å². The fraction of sp³-hybridized carbons (Fsp3) is 0. The van der Waals surface area contributed by atoms with E-state index in [9.17, 15) is 4.79 Å². The highest BCUT2D eigenvalue weighted by atomic mass is 35.5. The molecule has 0 aliphatic heterocycles. The lowest BCUT2D eigenvalue weighted by Gasteiger charge is -2.03. The monoisotopic (exact) mass is 430 g/mol. The van der Waals surface area contributed by atoms with Crippen LogP contribution in [0.4, 0.5) is 5.13 Å². The number of thiophene rings is 1. The van der Waals surface area contributed by atoms with E-state index in [0.29, 0.717) is 19.4 Å². The standard InChI is InChI=1S/C20H12Cl2N2OS2/c21-17-10-15(18(22)27-17)19(25)24-20-23-16(11-26-20)14-8-6-13(7-9-14)12-4-2-1-3-5-12/h1-11H,(H,23,24,25). The SMILES string of the molecule is O=C(Nc1nc(-c2ccc(-c3ccccc3)cc2)cs1)c1cc(Cl)sc1Cl. The molecule has 3 nitrogen and oxygen atoms in total. The summed E-state index contributed by atoms with van der Waals surface area (Å²) < 4.78 is 0.842. The fourth-order valence-corrected chi connectivity index (χ4v) is 4.76. The smallest absolute Gasteiger partial charge is 0.259 e. The van der Waals surface area contributed by atoms with Gasteiger partial charge in [0.25, 0.3) is 5.91 Å². The van der Waals surface area contributed by atoms with Gasteiger partial charge in [-0.15, -0.1) is 22.7 Å². The number of anilines is 1. The van der Waals surface area contributed by atoms with Crippen molar-refractivity contribution in [3.05, 3.63) is 80.3 Å². The Balaban J connectivity index is 1.51. The van der Waals surface area contributed by atoms with Gasteiger partial charge < -0.3 is 0 Å². The third-order valence-electron chi connectivity index (χ3n) is 3.91. The van der Waals surface area contributed by atoms with Crippen molar-refractivity contribution < 1.29 is 4.79 Å². The molecule has 7 heteroatoms. The Labute approximate surface area is 174 Å². The first kappa shape index (κ1) is 18.2. The maximum atomic E-state index is 12.3. The van der Waals surface area contributed by atoms with Crippen molar-refractivity contribution >= 4 is 56.9 Å². The Kier molecular flexibility index (Phi) is 5.27. The van der Waals surface area contributed by atoms with Gasteiger partial charge in [0.05, 0.1) is 15.6 Å². The van der Waals surface area contributed by atoms with Crippen molar-refractivity contribution in [3.8, 4) is 22.4 Å². The number of hydrogen-bond acceptors (Lipinski definition) is 4. The Bertz CT molecular complexity index is 1090. The van der Waals surface area contributed by atoms with Crippen LogP contribution in [0.2, 0.25) is 8.67 Å². The van der Waals surface area contributed by atoms with E-state index in [4.69, 9.17) is 23.2 Å². The average molecular weight is 431 g/mol. The van der Waals surface area contributed by atoms with Crippen LogP contribution in [0.15, 0.2) is 66.0 Å². The van der Waals surface area contributed by atoms with E-state index in [1.54, 1.807) is 6.07 Å². The summed E-state index contributed by atoms with van der Waals surface area (Å²) in [5.41, 5.74) is 4.47. The molecule has 0 radical (unpaired) electrons. The van der Waals surface area contributed by atoms with E-state index in [2.05, 4.69) is 34.6 Å². The number of rotatable bonds is 4. The lowest BCUT2D eigenvalue weighted by atomic mass is 10.0. The van der Waals surface area contributed by atoms with Crippen molar-refractivity contribution in [1.29, 1.82) is 0 Å². The van der Waals surface area contributed by atoms with Crippen molar-refractivity contribution in [1.82, 2.24) is 4.98 Å². The maximum Gasteiger partial charge on any atom is 0.259 e. The molecule has 2 aromatic carbocycles. The molecular formula is C20H12Cl2N2OS2. The molecule has 4 rings (SSSR count). The minimum atomic E-state index is -0.316. The predicted molar refractivity (Wildman–Crippen MR) is 115 cm³/mol. The summed E-state index contributed by atoms with van der Waals surface area (Å²) >= 11 is 14.5. The van der Waals surface area contributed by atoms with Crippen LogP contribution in [0.5, 0.6) is 0 Å². The Morgan fingerprint density at radius 3 is 2.26 bits per heavy atom. The van der Waals surface area contributed by atoms with Crippen LogP contribution < -0.4 is 5.32 Å². The summed E-state index contributed by atoms with van der Waals surface area (Å²) in [6.07, 6.45) is 0. The predicted octanol–water partition coefficient (Wildman–Crippen LogP) is 7.10. The number of halogens is 2. The summed E-state index contributed by atoms with van der Waals surface area (Å²) in [4.78, 5) is 16.8. The van der Waals surface area contributed by atoms with Crippen LogP contribution in [0.3, 0.4) is 0 Å². The number of aromatic nitrogens is 1. The molecule has 2 aromatic heterocycles. The quantitative estimate of drug-likeness (QED) is 0.375. The second-order valence-electron chi connectivity index (χ2n) is 5.67. The normalized spacial score (nSPS) is 10.7. The highest BCUT2D eigenvalue weighted by Gasteiger charge is 2.16. The van der Waals surface area contributed by atoms with Crippen molar-refractivity contribution in [2.24, 2.45) is 0 Å². The van der Waals surface area contributed by atoms with Crippen LogP contribution >= 0.6 is 45.9 Å². The molecule has 1 amide bonds. The van der Waals surface area contributed by atoms with Gasteiger partial charge in [0.2, 0.25) is 0 Å². The Hall–Kier alpha value is -2.18. The molecule has 134 valence electrons. The zero-order valence-corrected chi connectivity index (χ0v) is 16.9. The lowest BCUT2D eigenvalue weighted by molar-refractivity contribution is 0.102. The number of hydrogen-bond donors (Lipinski definition) is 1. The second-order valence-corrected chi connectivity index (χ2v) is 8.82. The van der Waals surface area contributed by atoms with Crippen molar-refractivity contribution in [2.75, 3.05) is 5.32 Å². The number of amides is 1. The highest BCUT2D eigenvalue weighted by molar-refractivity contribution is 7.20. The van der Waals surface area contributed by atoms with Gasteiger partial charge in [-0.05, 0) is 17.2 Å². The minimum Gasteiger partial charge on any atom is -0.298 e. The fourth-order valence-electron chi connectivity index (χ4n) is 2.59. The van der Waals surface area contributed by atoms with Crippen LogP contribution in [0, 0.1) is 0 Å². The van der Waals surface area contributed by atoms with Gasteiger partial charge in [-0.1, -0.05) is 77.8 Å². The van der Waals surface area contributed by atoms with Crippen molar-refractivity contribution in [2.45, 2.75) is 0 Å². The molecule has 0 saturated heterocycles. The first-order valence-electron chi connectivity index (χ1n) is 7.98. The number of thiazole rings is 1. The molecular weight excluding hydrogens is 419 g/mol.